The maximum atomic E-state index is 12.3. The number of ether oxygens (including phenoxy) is 1. The van der Waals surface area contributed by atoms with E-state index in [0.29, 0.717) is 21.4 Å². The monoisotopic (exact) mass is 455 g/mol. The van der Waals surface area contributed by atoms with Crippen molar-refractivity contribution in [1.82, 2.24) is 10.2 Å². The molecule has 0 fully saturated rings. The summed E-state index contributed by atoms with van der Waals surface area (Å²) in [6, 6.07) is 10.5. The first-order valence-electron chi connectivity index (χ1n) is 8.24. The third-order valence-corrected chi connectivity index (χ3v) is 6.13. The molecule has 3 rings (SSSR count). The summed E-state index contributed by atoms with van der Waals surface area (Å²) < 4.78 is 35.0. The molecule has 0 saturated carbocycles. The first-order chi connectivity index (χ1) is 13.8. The summed E-state index contributed by atoms with van der Waals surface area (Å²) in [5.74, 6) is -0.336. The Morgan fingerprint density at radius 1 is 1.14 bits per heavy atom. The number of anilines is 1. The number of methoxy groups -OCH3 is 1. The lowest BCUT2D eigenvalue weighted by Gasteiger charge is -2.05. The molecule has 11 heteroatoms. The van der Waals surface area contributed by atoms with Crippen molar-refractivity contribution in [2.24, 2.45) is 0 Å². The number of carbonyl (C=O) groups is 1. The van der Waals surface area contributed by atoms with Crippen LogP contribution in [-0.4, -0.2) is 37.4 Å². The van der Waals surface area contributed by atoms with Crippen molar-refractivity contribution in [3.8, 4) is 17.2 Å². The highest BCUT2D eigenvalue weighted by Crippen LogP contribution is 2.30. The molecule has 0 radical (unpaired) electrons. The topological polar surface area (TPSA) is 111 Å². The van der Waals surface area contributed by atoms with Crippen LogP contribution >= 0.6 is 23.2 Å². The fourth-order valence-electron chi connectivity index (χ4n) is 2.36. The quantitative estimate of drug-likeness (QED) is 0.575. The Bertz CT molecular complexity index is 1130. The summed E-state index contributed by atoms with van der Waals surface area (Å²) in [5.41, 5.74) is 0.450. The molecular formula is C18H15Cl2N3O5S. The van der Waals surface area contributed by atoms with Gasteiger partial charge in [-0.25, -0.2) is 8.42 Å². The molecular weight excluding hydrogens is 441 g/mol. The predicted octanol–water partition coefficient (Wildman–Crippen LogP) is 3.85. The fraction of sp³-hybridized carbons (Fsp3) is 0.167. The largest absolute Gasteiger partial charge is 0.497 e. The smallest absolute Gasteiger partial charge is 0.322 e. The van der Waals surface area contributed by atoms with Crippen LogP contribution in [0.5, 0.6) is 5.75 Å². The Labute approximate surface area is 176 Å². The van der Waals surface area contributed by atoms with Gasteiger partial charge in [-0.3, -0.25) is 10.1 Å². The number of nitrogens with one attached hydrogen (secondary N) is 1. The minimum absolute atomic E-state index is 0.0906. The lowest BCUT2D eigenvalue weighted by molar-refractivity contribution is -0.115. The Balaban J connectivity index is 1.61. The van der Waals surface area contributed by atoms with Crippen LogP contribution in [0.4, 0.5) is 6.01 Å². The van der Waals surface area contributed by atoms with E-state index in [0.717, 1.165) is 0 Å². The molecule has 0 aliphatic heterocycles. The standard InChI is InChI=1S/C18H15Cl2N3O5S/c1-27-12-3-5-13(6-4-12)29(25,26)9-8-16(24)21-18-23-22-17(28-18)14-7-2-11(19)10-15(14)20/h2-7,10H,8-9H2,1H3,(H,21,23,24). The lowest BCUT2D eigenvalue weighted by atomic mass is 10.2. The molecule has 1 amide bonds. The number of rotatable bonds is 7. The van der Waals surface area contributed by atoms with E-state index >= 15 is 0 Å². The number of hydrogen-bond acceptors (Lipinski definition) is 7. The molecule has 3 aromatic rings. The number of sulfone groups is 1. The predicted molar refractivity (Wildman–Crippen MR) is 108 cm³/mol. The van der Waals surface area contributed by atoms with Gasteiger partial charge < -0.3 is 9.15 Å². The molecule has 0 spiro atoms. The van der Waals surface area contributed by atoms with E-state index < -0.39 is 15.7 Å². The van der Waals surface area contributed by atoms with Crippen LogP contribution < -0.4 is 10.1 Å². The Morgan fingerprint density at radius 3 is 2.52 bits per heavy atom. The van der Waals surface area contributed by atoms with Crippen molar-refractivity contribution in [3.63, 3.8) is 0 Å². The minimum Gasteiger partial charge on any atom is -0.497 e. The molecule has 0 aliphatic rings. The second kappa shape index (κ2) is 8.81. The van der Waals surface area contributed by atoms with Crippen molar-refractivity contribution in [2.45, 2.75) is 11.3 Å². The minimum atomic E-state index is -3.63. The zero-order chi connectivity index (χ0) is 21.0. The second-order valence-electron chi connectivity index (χ2n) is 5.83. The first-order valence-corrected chi connectivity index (χ1v) is 10.6. The van der Waals surface area contributed by atoms with Gasteiger partial charge in [0, 0.05) is 11.4 Å². The van der Waals surface area contributed by atoms with Crippen LogP contribution in [0.1, 0.15) is 6.42 Å². The van der Waals surface area contributed by atoms with E-state index in [-0.39, 0.29) is 29.0 Å². The zero-order valence-corrected chi connectivity index (χ0v) is 17.4. The van der Waals surface area contributed by atoms with Crippen LogP contribution in [-0.2, 0) is 14.6 Å². The number of hydrogen-bond donors (Lipinski definition) is 1. The first kappa shape index (κ1) is 21.1. The summed E-state index contributed by atoms with van der Waals surface area (Å²) in [4.78, 5) is 12.2. The summed E-state index contributed by atoms with van der Waals surface area (Å²) in [6.07, 6.45) is -0.284. The van der Waals surface area contributed by atoms with Crippen molar-refractivity contribution < 1.29 is 22.4 Å². The van der Waals surface area contributed by atoms with E-state index in [1.54, 1.807) is 12.1 Å². The zero-order valence-electron chi connectivity index (χ0n) is 15.1. The Kier molecular flexibility index (Phi) is 6.41. The number of amides is 1. The van der Waals surface area contributed by atoms with Crippen LogP contribution in [0, 0.1) is 0 Å². The van der Waals surface area contributed by atoms with Gasteiger partial charge in [-0.2, -0.15) is 0 Å². The number of benzene rings is 2. The van der Waals surface area contributed by atoms with Gasteiger partial charge in [0.05, 0.1) is 28.3 Å². The number of halogens is 2. The van der Waals surface area contributed by atoms with Gasteiger partial charge in [0.15, 0.2) is 9.84 Å². The molecule has 1 aromatic heterocycles. The summed E-state index contributed by atoms with van der Waals surface area (Å²) >= 11 is 11.9. The number of aromatic nitrogens is 2. The average Bonchev–Trinajstić information content (AvgIpc) is 3.14. The van der Waals surface area contributed by atoms with Crippen molar-refractivity contribution >= 4 is 45.0 Å². The average molecular weight is 456 g/mol. The SMILES string of the molecule is COc1ccc(S(=O)(=O)CCC(=O)Nc2nnc(-c3ccc(Cl)cc3Cl)o2)cc1. The molecule has 0 bridgehead atoms. The van der Waals surface area contributed by atoms with Gasteiger partial charge in [-0.05, 0) is 42.5 Å². The molecule has 0 atom stereocenters. The van der Waals surface area contributed by atoms with Crippen LogP contribution in [0.3, 0.4) is 0 Å². The normalized spacial score (nSPS) is 11.3. The van der Waals surface area contributed by atoms with E-state index in [4.69, 9.17) is 32.4 Å². The summed E-state index contributed by atoms with van der Waals surface area (Å²) in [5, 5.41) is 10.7. The lowest BCUT2D eigenvalue weighted by Crippen LogP contribution is -2.17. The molecule has 0 unspecified atom stereocenters. The maximum Gasteiger partial charge on any atom is 0.322 e. The maximum absolute atomic E-state index is 12.3. The third-order valence-electron chi connectivity index (χ3n) is 3.85. The molecule has 1 heterocycles. The van der Waals surface area contributed by atoms with Gasteiger partial charge in [-0.1, -0.05) is 28.3 Å². The highest BCUT2D eigenvalue weighted by Gasteiger charge is 2.19. The van der Waals surface area contributed by atoms with Crippen LogP contribution in [0.2, 0.25) is 10.0 Å². The number of carbonyl (C=O) groups excluding carboxylic acids is 1. The van der Waals surface area contributed by atoms with Gasteiger partial charge in [-0.15, -0.1) is 5.10 Å². The number of nitrogens with zero attached hydrogens (tertiary/aromatic N) is 2. The summed E-state index contributed by atoms with van der Waals surface area (Å²) in [7, 11) is -2.15. The van der Waals surface area contributed by atoms with Crippen LogP contribution in [0.15, 0.2) is 51.8 Å². The molecule has 0 aliphatic carbocycles. The van der Waals surface area contributed by atoms with E-state index in [2.05, 4.69) is 15.5 Å². The summed E-state index contributed by atoms with van der Waals surface area (Å²) in [6.45, 7) is 0. The highest BCUT2D eigenvalue weighted by atomic mass is 35.5. The Hall–Kier alpha value is -2.62. The van der Waals surface area contributed by atoms with E-state index in [1.807, 2.05) is 0 Å². The van der Waals surface area contributed by atoms with E-state index in [9.17, 15) is 13.2 Å². The second-order valence-corrected chi connectivity index (χ2v) is 8.78. The van der Waals surface area contributed by atoms with E-state index in [1.165, 1.54) is 37.4 Å². The molecule has 8 nitrogen and oxygen atoms in total. The van der Waals surface area contributed by atoms with Crippen molar-refractivity contribution in [1.29, 1.82) is 0 Å². The van der Waals surface area contributed by atoms with Gasteiger partial charge in [0.1, 0.15) is 5.75 Å². The van der Waals surface area contributed by atoms with Crippen molar-refractivity contribution in [3.05, 3.63) is 52.5 Å². The molecule has 152 valence electrons. The third kappa shape index (κ3) is 5.26. The molecule has 1 N–H and O–H groups in total. The van der Waals surface area contributed by atoms with Gasteiger partial charge >= 0.3 is 6.01 Å². The van der Waals surface area contributed by atoms with Gasteiger partial charge in [0.2, 0.25) is 5.91 Å². The van der Waals surface area contributed by atoms with Crippen LogP contribution in [0.25, 0.3) is 11.5 Å². The molecule has 29 heavy (non-hydrogen) atoms. The fourth-order valence-corrected chi connectivity index (χ4v) is 4.09. The highest BCUT2D eigenvalue weighted by molar-refractivity contribution is 7.91. The molecule has 2 aromatic carbocycles. The Morgan fingerprint density at radius 2 is 1.86 bits per heavy atom. The van der Waals surface area contributed by atoms with Crippen molar-refractivity contribution in [2.75, 3.05) is 18.2 Å². The molecule has 0 saturated heterocycles. The van der Waals surface area contributed by atoms with Gasteiger partial charge in [0.25, 0.3) is 5.89 Å².